The van der Waals surface area contributed by atoms with Crippen molar-refractivity contribution in [3.05, 3.63) is 107 Å². The fourth-order valence-corrected chi connectivity index (χ4v) is 2.91. The van der Waals surface area contributed by atoms with Crippen LogP contribution in [0.15, 0.2) is 84.9 Å². The number of hydrogen-bond acceptors (Lipinski definition) is 5. The van der Waals surface area contributed by atoms with Crippen LogP contribution in [0.5, 0.6) is 0 Å². The van der Waals surface area contributed by atoms with E-state index in [9.17, 15) is 19.5 Å². The molecule has 0 spiro atoms. The van der Waals surface area contributed by atoms with Gasteiger partial charge in [-0.15, -0.1) is 0 Å². The molecule has 3 aromatic carbocycles. The lowest BCUT2D eigenvalue weighted by Gasteiger charge is -2.19. The standard InChI is InChI=1S/C24H20O6/c25-22(26)21-14-8-7-13-19(21)15-20(30-24(28)18-11-5-2-6-12-18)16-29-23(27)17-9-3-1-4-10-17/h1-14,20H,15-16H2,(H,25,26). The number of hydrogen-bond donors (Lipinski definition) is 1. The molecule has 0 heterocycles. The third kappa shape index (κ3) is 5.54. The zero-order valence-corrected chi connectivity index (χ0v) is 16.1. The van der Waals surface area contributed by atoms with Crippen molar-refractivity contribution in [2.45, 2.75) is 12.5 Å². The van der Waals surface area contributed by atoms with E-state index in [0.29, 0.717) is 16.7 Å². The lowest BCUT2D eigenvalue weighted by atomic mass is 10.0. The van der Waals surface area contributed by atoms with Crippen molar-refractivity contribution in [1.29, 1.82) is 0 Å². The number of ether oxygens (including phenoxy) is 2. The molecule has 0 saturated heterocycles. The quantitative estimate of drug-likeness (QED) is 0.571. The lowest BCUT2D eigenvalue weighted by Crippen LogP contribution is -2.28. The summed E-state index contributed by atoms with van der Waals surface area (Å²) in [5, 5.41) is 9.41. The van der Waals surface area contributed by atoms with Gasteiger partial charge in [0.15, 0.2) is 0 Å². The Kier molecular flexibility index (Phi) is 6.95. The minimum Gasteiger partial charge on any atom is -0.478 e. The summed E-state index contributed by atoms with van der Waals surface area (Å²) in [4.78, 5) is 36.3. The van der Waals surface area contributed by atoms with Gasteiger partial charge in [0, 0.05) is 6.42 Å². The molecule has 0 radical (unpaired) electrons. The first kappa shape index (κ1) is 20.8. The molecule has 1 unspecified atom stereocenters. The Morgan fingerprint density at radius 2 is 1.27 bits per heavy atom. The van der Waals surface area contributed by atoms with Gasteiger partial charge in [0.1, 0.15) is 12.7 Å². The molecular weight excluding hydrogens is 384 g/mol. The Hall–Kier alpha value is -3.93. The lowest BCUT2D eigenvalue weighted by molar-refractivity contribution is -0.000418. The molecule has 1 atom stereocenters. The summed E-state index contributed by atoms with van der Waals surface area (Å²) < 4.78 is 10.9. The van der Waals surface area contributed by atoms with E-state index in [-0.39, 0.29) is 18.6 Å². The molecule has 6 heteroatoms. The minimum absolute atomic E-state index is 0.0864. The van der Waals surface area contributed by atoms with E-state index in [0.717, 1.165) is 0 Å². The fourth-order valence-electron chi connectivity index (χ4n) is 2.91. The summed E-state index contributed by atoms with van der Waals surface area (Å²) in [7, 11) is 0. The Morgan fingerprint density at radius 3 is 1.87 bits per heavy atom. The molecule has 0 aromatic heterocycles. The number of carboxylic acids is 1. The van der Waals surface area contributed by atoms with Crippen LogP contribution >= 0.6 is 0 Å². The minimum atomic E-state index is -1.08. The Balaban J connectivity index is 1.77. The molecule has 30 heavy (non-hydrogen) atoms. The van der Waals surface area contributed by atoms with E-state index in [1.165, 1.54) is 6.07 Å². The van der Waals surface area contributed by atoms with Crippen LogP contribution in [0.1, 0.15) is 36.6 Å². The van der Waals surface area contributed by atoms with Crippen LogP contribution < -0.4 is 0 Å². The second kappa shape index (κ2) is 10.0. The molecule has 0 fully saturated rings. The first-order chi connectivity index (χ1) is 14.5. The molecule has 1 N–H and O–H groups in total. The van der Waals surface area contributed by atoms with Crippen molar-refractivity contribution < 1.29 is 29.0 Å². The maximum absolute atomic E-state index is 12.5. The summed E-state index contributed by atoms with van der Waals surface area (Å²) in [5.74, 6) is -2.22. The van der Waals surface area contributed by atoms with Gasteiger partial charge in [-0.3, -0.25) is 0 Å². The van der Waals surface area contributed by atoms with Crippen LogP contribution in [0.3, 0.4) is 0 Å². The van der Waals surface area contributed by atoms with E-state index in [2.05, 4.69) is 0 Å². The Morgan fingerprint density at radius 1 is 0.733 bits per heavy atom. The molecular formula is C24H20O6. The number of carboxylic acid groups (broad SMARTS) is 1. The molecule has 0 saturated carbocycles. The first-order valence-corrected chi connectivity index (χ1v) is 9.34. The third-order valence-electron chi connectivity index (χ3n) is 4.39. The van der Waals surface area contributed by atoms with Gasteiger partial charge in [-0.25, -0.2) is 14.4 Å². The third-order valence-corrected chi connectivity index (χ3v) is 4.39. The highest BCUT2D eigenvalue weighted by molar-refractivity contribution is 5.91. The van der Waals surface area contributed by atoms with Crippen LogP contribution in [0.25, 0.3) is 0 Å². The average molecular weight is 404 g/mol. The fraction of sp³-hybridized carbons (Fsp3) is 0.125. The van der Waals surface area contributed by atoms with E-state index >= 15 is 0 Å². The number of carbonyl (C=O) groups excluding carboxylic acids is 2. The first-order valence-electron chi connectivity index (χ1n) is 9.34. The van der Waals surface area contributed by atoms with Crippen molar-refractivity contribution in [3.8, 4) is 0 Å². The van der Waals surface area contributed by atoms with Crippen molar-refractivity contribution in [1.82, 2.24) is 0 Å². The molecule has 0 bridgehead atoms. The summed E-state index contributed by atoms with van der Waals surface area (Å²) in [6.07, 6.45) is -0.769. The molecule has 3 rings (SSSR count). The molecule has 0 aliphatic heterocycles. The molecule has 6 nitrogen and oxygen atoms in total. The SMILES string of the molecule is O=C(OCC(Cc1ccccc1C(=O)O)OC(=O)c1ccccc1)c1ccccc1. The second-order valence-corrected chi connectivity index (χ2v) is 6.52. The van der Waals surface area contributed by atoms with Gasteiger partial charge in [0.2, 0.25) is 0 Å². The zero-order chi connectivity index (χ0) is 21.3. The Labute approximate surface area is 173 Å². The predicted molar refractivity (Wildman–Crippen MR) is 109 cm³/mol. The topological polar surface area (TPSA) is 89.9 Å². The van der Waals surface area contributed by atoms with Crippen molar-refractivity contribution in [2.24, 2.45) is 0 Å². The van der Waals surface area contributed by atoms with Crippen molar-refractivity contribution in [2.75, 3.05) is 6.61 Å². The number of esters is 2. The molecule has 0 aliphatic rings. The van der Waals surface area contributed by atoms with Gasteiger partial charge in [-0.1, -0.05) is 54.6 Å². The summed E-state index contributed by atoms with van der Waals surface area (Å²) >= 11 is 0. The normalized spacial score (nSPS) is 11.3. The van der Waals surface area contributed by atoms with E-state index < -0.39 is 24.0 Å². The molecule has 3 aromatic rings. The Bertz CT molecular complexity index is 1010. The van der Waals surface area contributed by atoms with E-state index in [4.69, 9.17) is 9.47 Å². The molecule has 152 valence electrons. The van der Waals surface area contributed by atoms with E-state index in [1.807, 2.05) is 0 Å². The molecule has 0 amide bonds. The van der Waals surface area contributed by atoms with Gasteiger partial charge in [-0.2, -0.15) is 0 Å². The van der Waals surface area contributed by atoms with Crippen molar-refractivity contribution >= 4 is 17.9 Å². The highest BCUT2D eigenvalue weighted by atomic mass is 16.6. The maximum atomic E-state index is 12.5. The van der Waals surface area contributed by atoms with Gasteiger partial charge < -0.3 is 14.6 Å². The number of rotatable bonds is 8. The largest absolute Gasteiger partial charge is 0.478 e. The van der Waals surface area contributed by atoms with Crippen molar-refractivity contribution in [3.63, 3.8) is 0 Å². The van der Waals surface area contributed by atoms with Crippen LogP contribution in [0, 0.1) is 0 Å². The summed E-state index contributed by atoms with van der Waals surface area (Å²) in [6.45, 7) is -0.208. The van der Waals surface area contributed by atoms with Gasteiger partial charge in [0.25, 0.3) is 0 Å². The monoisotopic (exact) mass is 404 g/mol. The van der Waals surface area contributed by atoms with Crippen LogP contribution in [0.2, 0.25) is 0 Å². The van der Waals surface area contributed by atoms with Gasteiger partial charge >= 0.3 is 17.9 Å². The highest BCUT2D eigenvalue weighted by Gasteiger charge is 2.22. The van der Waals surface area contributed by atoms with Crippen LogP contribution in [-0.4, -0.2) is 35.7 Å². The number of carbonyl (C=O) groups is 3. The predicted octanol–water partition coefficient (Wildman–Crippen LogP) is 4.01. The van der Waals surface area contributed by atoms with Crippen LogP contribution in [-0.2, 0) is 15.9 Å². The number of aromatic carboxylic acids is 1. The highest BCUT2D eigenvalue weighted by Crippen LogP contribution is 2.15. The maximum Gasteiger partial charge on any atom is 0.338 e. The molecule has 0 aliphatic carbocycles. The van der Waals surface area contributed by atoms with E-state index in [1.54, 1.807) is 78.9 Å². The second-order valence-electron chi connectivity index (χ2n) is 6.52. The van der Waals surface area contributed by atoms with Crippen LogP contribution in [0.4, 0.5) is 0 Å². The summed E-state index contributed by atoms with van der Waals surface area (Å²) in [5.41, 5.74) is 1.30. The average Bonchev–Trinajstić information content (AvgIpc) is 2.78. The van der Waals surface area contributed by atoms with Gasteiger partial charge in [0.05, 0.1) is 16.7 Å². The summed E-state index contributed by atoms with van der Waals surface area (Å²) in [6, 6.07) is 23.3. The van der Waals surface area contributed by atoms with Gasteiger partial charge in [-0.05, 0) is 35.9 Å². The number of benzene rings is 3. The smallest absolute Gasteiger partial charge is 0.338 e. The zero-order valence-electron chi connectivity index (χ0n) is 16.1.